The van der Waals surface area contributed by atoms with Crippen molar-refractivity contribution in [3.63, 3.8) is 0 Å². The summed E-state index contributed by atoms with van der Waals surface area (Å²) in [5.74, 6) is -1.08. The molecule has 0 aromatic heterocycles. The maximum absolute atomic E-state index is 12.5. The van der Waals surface area contributed by atoms with Crippen molar-refractivity contribution >= 4 is 17.8 Å². The summed E-state index contributed by atoms with van der Waals surface area (Å²) >= 11 is 0. The molecule has 120 valence electrons. The molecule has 1 atom stereocenters. The first-order chi connectivity index (χ1) is 10.8. The molecule has 23 heavy (non-hydrogen) atoms. The maximum Gasteiger partial charge on any atom is 0.339 e. The van der Waals surface area contributed by atoms with Crippen molar-refractivity contribution in [1.82, 2.24) is 4.90 Å². The SMILES string of the molecule is CC(C)(C)OC(=O)c1cccc2c1[C@@H](N1C(=O)C=CC1=O)CC2. The molecule has 0 radical (unpaired) electrons. The topological polar surface area (TPSA) is 63.7 Å². The lowest BCUT2D eigenvalue weighted by molar-refractivity contribution is -0.139. The van der Waals surface area contributed by atoms with E-state index in [9.17, 15) is 14.4 Å². The fourth-order valence-corrected chi connectivity index (χ4v) is 3.15. The summed E-state index contributed by atoms with van der Waals surface area (Å²) in [5.41, 5.74) is 1.57. The normalized spacial score (nSPS) is 20.1. The first kappa shape index (κ1) is 15.5. The van der Waals surface area contributed by atoms with E-state index in [4.69, 9.17) is 4.74 Å². The number of fused-ring (bicyclic) bond motifs is 1. The van der Waals surface area contributed by atoms with Crippen LogP contribution < -0.4 is 0 Å². The quantitative estimate of drug-likeness (QED) is 0.622. The Hall–Kier alpha value is -2.43. The van der Waals surface area contributed by atoms with Crippen LogP contribution in [0.4, 0.5) is 0 Å². The molecular weight excluding hydrogens is 294 g/mol. The van der Waals surface area contributed by atoms with Crippen LogP contribution in [0.2, 0.25) is 0 Å². The third-order valence-electron chi connectivity index (χ3n) is 3.99. The van der Waals surface area contributed by atoms with Gasteiger partial charge in [0.15, 0.2) is 0 Å². The molecule has 5 nitrogen and oxygen atoms in total. The van der Waals surface area contributed by atoms with Gasteiger partial charge < -0.3 is 4.74 Å². The van der Waals surface area contributed by atoms with Gasteiger partial charge >= 0.3 is 5.97 Å². The molecule has 2 amide bonds. The summed E-state index contributed by atoms with van der Waals surface area (Å²) in [7, 11) is 0. The molecule has 1 aromatic carbocycles. The highest BCUT2D eigenvalue weighted by molar-refractivity contribution is 6.13. The number of benzene rings is 1. The van der Waals surface area contributed by atoms with E-state index in [0.29, 0.717) is 12.0 Å². The first-order valence-electron chi connectivity index (χ1n) is 7.68. The Balaban J connectivity index is 2.00. The van der Waals surface area contributed by atoms with Gasteiger partial charge in [-0.2, -0.15) is 0 Å². The van der Waals surface area contributed by atoms with Crippen LogP contribution in [0.25, 0.3) is 0 Å². The van der Waals surface area contributed by atoms with E-state index in [2.05, 4.69) is 0 Å². The smallest absolute Gasteiger partial charge is 0.339 e. The van der Waals surface area contributed by atoms with Crippen LogP contribution in [-0.2, 0) is 20.7 Å². The van der Waals surface area contributed by atoms with Gasteiger partial charge in [-0.05, 0) is 50.8 Å². The van der Waals surface area contributed by atoms with Crippen LogP contribution >= 0.6 is 0 Å². The van der Waals surface area contributed by atoms with Gasteiger partial charge in [-0.3, -0.25) is 14.5 Å². The van der Waals surface area contributed by atoms with Crippen molar-refractivity contribution in [1.29, 1.82) is 0 Å². The molecule has 5 heteroatoms. The molecule has 2 aliphatic rings. The standard InChI is InChI=1S/C18H19NO4/c1-18(2,3)23-17(22)12-6-4-5-11-7-8-13(16(11)12)19-14(20)9-10-15(19)21/h4-6,9-10,13H,7-8H2,1-3H3/t13-/m0/s1. The molecule has 1 aliphatic heterocycles. The molecule has 1 aromatic rings. The van der Waals surface area contributed by atoms with E-state index in [-0.39, 0.29) is 11.8 Å². The fourth-order valence-electron chi connectivity index (χ4n) is 3.15. The van der Waals surface area contributed by atoms with Crippen molar-refractivity contribution in [3.8, 4) is 0 Å². The van der Waals surface area contributed by atoms with E-state index >= 15 is 0 Å². The summed E-state index contributed by atoms with van der Waals surface area (Å²) < 4.78 is 5.47. The Morgan fingerprint density at radius 1 is 1.17 bits per heavy atom. The van der Waals surface area contributed by atoms with Gasteiger partial charge in [-0.1, -0.05) is 12.1 Å². The highest BCUT2D eigenvalue weighted by atomic mass is 16.6. The third kappa shape index (κ3) is 2.79. The largest absolute Gasteiger partial charge is 0.456 e. The Labute approximate surface area is 134 Å². The minimum atomic E-state index is -0.602. The summed E-state index contributed by atoms with van der Waals surface area (Å²) in [6, 6.07) is 5.04. The predicted molar refractivity (Wildman–Crippen MR) is 83.7 cm³/mol. The molecular formula is C18H19NO4. The second-order valence-electron chi connectivity index (χ2n) is 6.81. The van der Waals surface area contributed by atoms with Gasteiger partial charge in [-0.25, -0.2) is 4.79 Å². The van der Waals surface area contributed by atoms with E-state index in [1.165, 1.54) is 17.1 Å². The molecule has 0 unspecified atom stereocenters. The van der Waals surface area contributed by atoms with Gasteiger partial charge in [0.05, 0.1) is 11.6 Å². The lowest BCUT2D eigenvalue weighted by atomic mass is 9.99. The predicted octanol–water partition coefficient (Wildman–Crippen LogP) is 2.55. The molecule has 0 N–H and O–H groups in total. The summed E-state index contributed by atoms with van der Waals surface area (Å²) in [6.45, 7) is 5.43. The van der Waals surface area contributed by atoms with Gasteiger partial charge in [0.25, 0.3) is 11.8 Å². The van der Waals surface area contributed by atoms with E-state index < -0.39 is 17.6 Å². The van der Waals surface area contributed by atoms with Crippen LogP contribution in [-0.4, -0.2) is 28.3 Å². The molecule has 1 aliphatic carbocycles. The molecule has 0 saturated carbocycles. The molecule has 0 fully saturated rings. The van der Waals surface area contributed by atoms with Gasteiger partial charge in [0.1, 0.15) is 5.60 Å². The van der Waals surface area contributed by atoms with Gasteiger partial charge in [0.2, 0.25) is 0 Å². The van der Waals surface area contributed by atoms with Crippen molar-refractivity contribution in [3.05, 3.63) is 47.0 Å². The molecule has 0 bridgehead atoms. The van der Waals surface area contributed by atoms with Crippen LogP contribution in [0.3, 0.4) is 0 Å². The first-order valence-corrected chi connectivity index (χ1v) is 7.68. The number of amides is 2. The maximum atomic E-state index is 12.5. The van der Waals surface area contributed by atoms with E-state index in [0.717, 1.165) is 17.5 Å². The van der Waals surface area contributed by atoms with Crippen LogP contribution in [0.15, 0.2) is 30.4 Å². The second kappa shape index (κ2) is 5.33. The number of imide groups is 1. The number of esters is 1. The third-order valence-corrected chi connectivity index (χ3v) is 3.99. The zero-order valence-electron chi connectivity index (χ0n) is 13.5. The second-order valence-corrected chi connectivity index (χ2v) is 6.81. The van der Waals surface area contributed by atoms with Crippen molar-refractivity contribution in [2.75, 3.05) is 0 Å². The Bertz CT molecular complexity index is 709. The molecule has 3 rings (SSSR count). The lowest BCUT2D eigenvalue weighted by Crippen LogP contribution is -2.34. The zero-order chi connectivity index (χ0) is 16.8. The number of hydrogen-bond donors (Lipinski definition) is 0. The Morgan fingerprint density at radius 2 is 1.83 bits per heavy atom. The van der Waals surface area contributed by atoms with Crippen molar-refractivity contribution in [2.45, 2.75) is 45.3 Å². The van der Waals surface area contributed by atoms with Crippen LogP contribution in [0, 0.1) is 0 Å². The summed E-state index contributed by atoms with van der Waals surface area (Å²) in [5, 5.41) is 0. The number of carbonyl (C=O) groups is 3. The Morgan fingerprint density at radius 3 is 2.43 bits per heavy atom. The van der Waals surface area contributed by atoms with Crippen LogP contribution in [0.5, 0.6) is 0 Å². The average molecular weight is 313 g/mol. The van der Waals surface area contributed by atoms with Crippen molar-refractivity contribution < 1.29 is 19.1 Å². The summed E-state index contributed by atoms with van der Waals surface area (Å²) in [6.07, 6.45) is 3.91. The zero-order valence-corrected chi connectivity index (χ0v) is 13.5. The Kier molecular flexibility index (Phi) is 3.59. The fraction of sp³-hybridized carbons (Fsp3) is 0.389. The minimum Gasteiger partial charge on any atom is -0.456 e. The number of carbonyl (C=O) groups excluding carboxylic acids is 3. The summed E-state index contributed by atoms with van der Waals surface area (Å²) in [4.78, 5) is 37.7. The van der Waals surface area contributed by atoms with Crippen LogP contribution in [0.1, 0.15) is 54.7 Å². The molecule has 1 heterocycles. The van der Waals surface area contributed by atoms with Gasteiger partial charge in [-0.15, -0.1) is 0 Å². The molecule has 0 saturated heterocycles. The monoisotopic (exact) mass is 313 g/mol. The highest BCUT2D eigenvalue weighted by Crippen LogP contribution is 2.39. The van der Waals surface area contributed by atoms with Gasteiger partial charge in [0, 0.05) is 12.2 Å². The minimum absolute atomic E-state index is 0.327. The number of aryl methyl sites for hydroxylation is 1. The highest BCUT2D eigenvalue weighted by Gasteiger charge is 2.39. The van der Waals surface area contributed by atoms with E-state index in [1.54, 1.807) is 6.07 Å². The number of hydrogen-bond acceptors (Lipinski definition) is 4. The molecule has 0 spiro atoms. The number of ether oxygens (including phenoxy) is 1. The average Bonchev–Trinajstić information content (AvgIpc) is 3.00. The number of rotatable bonds is 2. The number of nitrogens with zero attached hydrogens (tertiary/aromatic N) is 1. The van der Waals surface area contributed by atoms with Crippen molar-refractivity contribution in [2.24, 2.45) is 0 Å². The lowest BCUT2D eigenvalue weighted by Gasteiger charge is -2.26. The van der Waals surface area contributed by atoms with E-state index in [1.807, 2.05) is 32.9 Å².